The minimum atomic E-state index is -1.95. The van der Waals surface area contributed by atoms with E-state index in [1.54, 1.807) is 0 Å². The molecular formula is C59H43N3S. The monoisotopic (exact) mass is 825 g/mol. The summed E-state index contributed by atoms with van der Waals surface area (Å²) < 4.78 is 0. The van der Waals surface area contributed by atoms with Crippen molar-refractivity contribution < 1.29 is 0 Å². The molecule has 0 aliphatic heterocycles. The van der Waals surface area contributed by atoms with Crippen LogP contribution in [0.1, 0.15) is 27.8 Å². The van der Waals surface area contributed by atoms with Crippen molar-refractivity contribution in [1.82, 2.24) is 15.0 Å². The Hall–Kier alpha value is -7.84. The van der Waals surface area contributed by atoms with Gasteiger partial charge in [-0.05, 0) is 108 Å². The summed E-state index contributed by atoms with van der Waals surface area (Å²) in [5.74, 6) is 1.84. The van der Waals surface area contributed by atoms with E-state index in [-0.39, 0.29) is 0 Å². The van der Waals surface area contributed by atoms with Gasteiger partial charge < -0.3 is 0 Å². The minimum Gasteiger partial charge on any atom is -0.208 e. The van der Waals surface area contributed by atoms with Gasteiger partial charge in [-0.15, -0.1) is 10.0 Å². The third kappa shape index (κ3) is 7.19. The molecule has 0 fully saturated rings. The smallest absolute Gasteiger partial charge is 0.164 e. The molecule has 0 saturated heterocycles. The molecule has 0 N–H and O–H groups in total. The Bertz CT molecular complexity index is 2720. The van der Waals surface area contributed by atoms with Crippen molar-refractivity contribution in [2.24, 2.45) is 0 Å². The zero-order chi connectivity index (χ0) is 42.5. The van der Waals surface area contributed by atoms with Crippen molar-refractivity contribution in [1.29, 1.82) is 0 Å². The van der Waals surface area contributed by atoms with Crippen molar-refractivity contribution >= 4 is 10.0 Å². The van der Waals surface area contributed by atoms with E-state index in [4.69, 9.17) is 15.0 Å². The predicted molar refractivity (Wildman–Crippen MR) is 257 cm³/mol. The van der Waals surface area contributed by atoms with Crippen LogP contribution in [0.5, 0.6) is 0 Å². The van der Waals surface area contributed by atoms with Crippen LogP contribution in [-0.4, -0.2) is 15.0 Å². The van der Waals surface area contributed by atoms with Crippen molar-refractivity contribution in [3.8, 4) is 34.2 Å². The van der Waals surface area contributed by atoms with Gasteiger partial charge in [0, 0.05) is 36.3 Å². The highest BCUT2D eigenvalue weighted by Crippen LogP contribution is 2.73. The van der Waals surface area contributed by atoms with Gasteiger partial charge in [-0.25, -0.2) is 15.0 Å². The van der Waals surface area contributed by atoms with E-state index in [1.165, 1.54) is 19.6 Å². The van der Waals surface area contributed by atoms with Gasteiger partial charge in [0.15, 0.2) is 17.5 Å². The maximum absolute atomic E-state index is 5.39. The topological polar surface area (TPSA) is 38.7 Å². The maximum atomic E-state index is 5.39. The Labute approximate surface area is 371 Å². The lowest BCUT2D eigenvalue weighted by Crippen LogP contribution is -2.31. The number of hydrogen-bond donors (Lipinski definition) is 0. The molecule has 3 nitrogen and oxygen atoms in total. The van der Waals surface area contributed by atoms with Gasteiger partial charge in [-0.2, -0.15) is 0 Å². The second-order valence-electron chi connectivity index (χ2n) is 15.5. The van der Waals surface area contributed by atoms with E-state index in [0.29, 0.717) is 17.5 Å². The fraction of sp³-hybridized carbons (Fsp3) is 0.0339. The van der Waals surface area contributed by atoms with E-state index >= 15 is 0 Å². The standard InChI is InChI=1S/C59H43N3S/c1-44-24-20-21-41-55(44)58-61-56(45-25-22-33-50(42-45)59(47-27-8-2-9-28-47,48-29-10-3-11-30-48)49-31-12-4-13-32-49)60-57(62-58)46-26-23-40-54(43-46)63(51-34-14-5-15-35-51,52-36-16-6-17-37-52)53-38-18-7-19-39-53/h2-3,5-12,14-43H,1H3. The minimum absolute atomic E-state index is 0.598. The summed E-state index contributed by atoms with van der Waals surface area (Å²) in [7, 11) is -1.95. The molecule has 0 unspecified atom stereocenters. The average molecular weight is 826 g/mol. The number of hydrogen-bond acceptors (Lipinski definition) is 3. The zero-order valence-electron chi connectivity index (χ0n) is 34.8. The number of benzene rings is 8. The fourth-order valence-electron chi connectivity index (χ4n) is 8.94. The van der Waals surface area contributed by atoms with E-state index in [9.17, 15) is 0 Å². The van der Waals surface area contributed by atoms with Gasteiger partial charge >= 0.3 is 0 Å². The molecule has 0 amide bonds. The van der Waals surface area contributed by atoms with E-state index in [0.717, 1.165) is 44.5 Å². The highest BCUT2D eigenvalue weighted by atomic mass is 32.3. The van der Waals surface area contributed by atoms with Crippen LogP contribution >= 0.6 is 10.0 Å². The first-order valence-electron chi connectivity index (χ1n) is 21.2. The van der Waals surface area contributed by atoms with Crippen molar-refractivity contribution in [3.05, 3.63) is 283 Å². The molecular weight excluding hydrogens is 783 g/mol. The molecule has 1 aromatic heterocycles. The number of nitrogens with zero attached hydrogens (tertiary/aromatic N) is 3. The van der Waals surface area contributed by atoms with Crippen molar-refractivity contribution in [2.45, 2.75) is 31.9 Å². The van der Waals surface area contributed by atoms with Crippen molar-refractivity contribution in [3.63, 3.8) is 0 Å². The van der Waals surface area contributed by atoms with Gasteiger partial charge in [0.25, 0.3) is 0 Å². The lowest BCUT2D eigenvalue weighted by molar-refractivity contribution is 0.745. The van der Waals surface area contributed by atoms with Gasteiger partial charge in [0.2, 0.25) is 0 Å². The number of aromatic nitrogens is 3. The summed E-state index contributed by atoms with van der Waals surface area (Å²) in [4.78, 5) is 20.9. The Morgan fingerprint density at radius 2 is 0.810 bits per heavy atom. The highest BCUT2D eigenvalue weighted by molar-refractivity contribution is 8.34. The van der Waals surface area contributed by atoms with E-state index < -0.39 is 15.4 Å². The molecule has 0 radical (unpaired) electrons. The van der Waals surface area contributed by atoms with Crippen LogP contribution in [0.15, 0.2) is 262 Å². The number of rotatable bonds is 11. The molecule has 0 aliphatic carbocycles. The van der Waals surface area contributed by atoms with Crippen molar-refractivity contribution in [2.75, 3.05) is 0 Å². The Morgan fingerprint density at radius 3 is 1.33 bits per heavy atom. The number of aryl methyl sites for hydroxylation is 1. The van der Waals surface area contributed by atoms with E-state index in [1.807, 2.05) is 12.1 Å². The van der Waals surface area contributed by atoms with Gasteiger partial charge in [0.1, 0.15) is 0 Å². The van der Waals surface area contributed by atoms with Crippen LogP contribution < -0.4 is 0 Å². The molecule has 63 heavy (non-hydrogen) atoms. The van der Waals surface area contributed by atoms with Gasteiger partial charge in [-0.3, -0.25) is 0 Å². The molecule has 10 rings (SSSR count). The quantitative estimate of drug-likeness (QED) is 0.122. The fourth-order valence-corrected chi connectivity index (χ4v) is 12.9. The molecule has 4 heteroatoms. The molecule has 9 aromatic carbocycles. The van der Waals surface area contributed by atoms with Crippen LogP contribution in [0.25, 0.3) is 34.2 Å². The average Bonchev–Trinajstić information content (AvgIpc) is 3.37. The molecule has 300 valence electrons. The lowest BCUT2D eigenvalue weighted by Gasteiger charge is -2.42. The second-order valence-corrected chi connectivity index (χ2v) is 18.6. The largest absolute Gasteiger partial charge is 0.208 e. The third-order valence-corrected chi connectivity index (χ3v) is 15.7. The van der Waals surface area contributed by atoms with Crippen LogP contribution in [0.4, 0.5) is 0 Å². The molecule has 0 atom stereocenters. The van der Waals surface area contributed by atoms with Crippen LogP contribution in [0.3, 0.4) is 0 Å². The van der Waals surface area contributed by atoms with Crippen LogP contribution in [-0.2, 0) is 5.41 Å². The summed E-state index contributed by atoms with van der Waals surface area (Å²) in [6, 6.07) is 92.6. The molecule has 0 aliphatic rings. The Morgan fingerprint density at radius 1 is 0.365 bits per heavy atom. The zero-order valence-corrected chi connectivity index (χ0v) is 35.7. The first kappa shape index (κ1) is 39.3. The summed E-state index contributed by atoms with van der Waals surface area (Å²) in [6.07, 6.45) is 0. The second kappa shape index (κ2) is 17.3. The van der Waals surface area contributed by atoms with Gasteiger partial charge in [0.05, 0.1) is 5.41 Å². The summed E-state index contributed by atoms with van der Waals surface area (Å²) in [5, 5.41) is 0. The molecule has 0 saturated carbocycles. The Kier molecular flexibility index (Phi) is 10.8. The first-order chi connectivity index (χ1) is 31.2. The first-order valence-corrected chi connectivity index (χ1v) is 22.8. The summed E-state index contributed by atoms with van der Waals surface area (Å²) in [5.41, 5.74) is 7.64. The molecule has 0 bridgehead atoms. The molecule has 10 aromatic rings. The Balaban J connectivity index is 1.21. The maximum Gasteiger partial charge on any atom is 0.164 e. The molecule has 0 spiro atoms. The SMILES string of the molecule is Cc1ccccc1-c1nc(-c2cccc(C(c3cc#ccc3)(c3ccccc3)c3ccccc3)c2)nc(-c2cccc(S(c3ccccc3)(c3ccccc3)c3ccccc3)c2)n1. The lowest BCUT2D eigenvalue weighted by atomic mass is 9.65. The van der Waals surface area contributed by atoms with Gasteiger partial charge in [-0.1, -0.05) is 182 Å². The normalized spacial score (nSPS) is 11.7. The highest BCUT2D eigenvalue weighted by Gasteiger charge is 2.39. The summed E-state index contributed by atoms with van der Waals surface area (Å²) in [6.45, 7) is 2.11. The van der Waals surface area contributed by atoms with Crippen LogP contribution in [0.2, 0.25) is 0 Å². The molecule has 1 heterocycles. The van der Waals surface area contributed by atoms with Crippen LogP contribution in [0, 0.1) is 19.1 Å². The third-order valence-electron chi connectivity index (χ3n) is 11.8. The predicted octanol–water partition coefficient (Wildman–Crippen LogP) is 14.5. The van der Waals surface area contributed by atoms with E-state index in [2.05, 4.69) is 250 Å². The summed E-state index contributed by atoms with van der Waals surface area (Å²) >= 11 is 0.